The summed E-state index contributed by atoms with van der Waals surface area (Å²) in [6.07, 6.45) is -0.674. The van der Waals surface area contributed by atoms with Gasteiger partial charge in [-0.1, -0.05) is 11.3 Å². The summed E-state index contributed by atoms with van der Waals surface area (Å²) in [5.74, 6) is 1.20. The zero-order chi connectivity index (χ0) is 25.2. The Kier molecular flexibility index (Phi) is 7.05. The first-order chi connectivity index (χ1) is 17.4. The third-order valence-corrected chi connectivity index (χ3v) is 7.09. The average molecular weight is 516 g/mol. The molecule has 36 heavy (non-hydrogen) atoms. The van der Waals surface area contributed by atoms with Crippen LogP contribution in [-0.4, -0.2) is 89.7 Å². The van der Waals surface area contributed by atoms with E-state index in [4.69, 9.17) is 24.9 Å². The quantitative estimate of drug-likeness (QED) is 0.409. The molecule has 4 heterocycles. The maximum atomic E-state index is 12.9. The Morgan fingerprint density at radius 2 is 2.14 bits per heavy atom. The predicted octanol–water partition coefficient (Wildman–Crippen LogP) is 0.631. The number of aromatic nitrogens is 3. The van der Waals surface area contributed by atoms with Crippen LogP contribution < -0.4 is 26.1 Å². The monoisotopic (exact) mass is 515 g/mol. The molecule has 4 N–H and O–H groups in total. The molecule has 1 amide bonds. The number of benzene rings is 1. The molecule has 192 valence electrons. The van der Waals surface area contributed by atoms with Gasteiger partial charge in [-0.15, -0.1) is 0 Å². The molecule has 5 rings (SSSR count). The van der Waals surface area contributed by atoms with Crippen molar-refractivity contribution >= 4 is 39.1 Å². The lowest BCUT2D eigenvalue weighted by molar-refractivity contribution is 0.00447. The Morgan fingerprint density at radius 1 is 1.33 bits per heavy atom. The van der Waals surface area contributed by atoms with E-state index < -0.39 is 12.0 Å². The van der Waals surface area contributed by atoms with E-state index in [1.54, 1.807) is 13.0 Å². The second-order valence-electron chi connectivity index (χ2n) is 8.59. The van der Waals surface area contributed by atoms with E-state index in [0.29, 0.717) is 65.6 Å². The van der Waals surface area contributed by atoms with Crippen molar-refractivity contribution in [2.75, 3.05) is 64.2 Å². The highest BCUT2D eigenvalue weighted by Gasteiger charge is 2.22. The Morgan fingerprint density at radius 3 is 2.86 bits per heavy atom. The van der Waals surface area contributed by atoms with E-state index in [1.165, 1.54) is 7.11 Å². The maximum Gasteiger partial charge on any atom is 0.292 e. The number of rotatable bonds is 7. The summed E-state index contributed by atoms with van der Waals surface area (Å²) in [5.41, 5.74) is 7.05. The first kappa shape index (κ1) is 24.4. The second kappa shape index (κ2) is 10.4. The number of hydrogen-bond donors (Lipinski definition) is 3. The molecule has 2 aliphatic rings. The Balaban J connectivity index is 1.47. The summed E-state index contributed by atoms with van der Waals surface area (Å²) in [6, 6.07) is 3.69. The molecule has 1 fully saturated rings. The SMILES string of the molecule is COc1c(OC[C@H](O)CN2CCOCC2)ccc2c3n(c(=NC(=O)c4sc(N)nc4C)nc12)CCN3. The Hall–Kier alpha value is -3.26. The van der Waals surface area contributed by atoms with Crippen molar-refractivity contribution in [2.45, 2.75) is 19.6 Å². The summed E-state index contributed by atoms with van der Waals surface area (Å²) >= 11 is 1.10. The highest BCUT2D eigenvalue weighted by atomic mass is 32.1. The molecular formula is C23H29N7O5S. The van der Waals surface area contributed by atoms with Crippen LogP contribution in [0.2, 0.25) is 0 Å². The lowest BCUT2D eigenvalue weighted by atomic mass is 10.2. The van der Waals surface area contributed by atoms with Crippen LogP contribution in [0.3, 0.4) is 0 Å². The number of nitrogens with two attached hydrogens (primary N) is 1. The first-order valence-electron chi connectivity index (χ1n) is 11.7. The van der Waals surface area contributed by atoms with Gasteiger partial charge >= 0.3 is 0 Å². The van der Waals surface area contributed by atoms with Crippen LogP contribution in [0.4, 0.5) is 10.9 Å². The molecular weight excluding hydrogens is 486 g/mol. The number of β-amino-alcohol motifs (C(OH)–C–C–N with tert-alkyl or cyclic N) is 1. The third-order valence-electron chi connectivity index (χ3n) is 6.12. The maximum absolute atomic E-state index is 12.9. The number of nitrogens with zero attached hydrogens (tertiary/aromatic N) is 5. The number of anilines is 2. The van der Waals surface area contributed by atoms with E-state index in [2.05, 4.69) is 20.2 Å². The minimum Gasteiger partial charge on any atom is -0.491 e. The van der Waals surface area contributed by atoms with Crippen LogP contribution >= 0.6 is 11.3 Å². The zero-order valence-electron chi connectivity index (χ0n) is 20.2. The van der Waals surface area contributed by atoms with E-state index in [9.17, 15) is 9.90 Å². The number of aliphatic hydroxyl groups is 1. The molecule has 12 nitrogen and oxygen atoms in total. The summed E-state index contributed by atoms with van der Waals surface area (Å²) in [5, 5.41) is 15.0. The Labute approximate surface area is 211 Å². The standard InChI is InChI=1S/C23H29N7O5S/c1-13-19(36-22(24)26-13)21(32)28-23-27-17-15(20-25-5-6-30(20)23)3-4-16(18(17)33-2)35-12-14(31)11-29-7-9-34-10-8-29/h3-4,14,25,31H,5-12H2,1-2H3,(H2,24,26)/t14-/m1/s1. The van der Waals surface area contributed by atoms with Crippen LogP contribution in [0, 0.1) is 6.92 Å². The fraction of sp³-hybridized carbons (Fsp3) is 0.478. The van der Waals surface area contributed by atoms with Crippen molar-refractivity contribution in [3.05, 3.63) is 28.3 Å². The van der Waals surface area contributed by atoms with Gasteiger partial charge in [0, 0.05) is 38.1 Å². The fourth-order valence-corrected chi connectivity index (χ4v) is 5.14. The summed E-state index contributed by atoms with van der Waals surface area (Å²) in [4.78, 5) is 28.6. The molecule has 0 spiro atoms. The summed E-state index contributed by atoms with van der Waals surface area (Å²) in [7, 11) is 1.53. The molecule has 0 bridgehead atoms. The molecule has 1 aromatic carbocycles. The van der Waals surface area contributed by atoms with Crippen molar-refractivity contribution in [2.24, 2.45) is 4.99 Å². The number of aliphatic hydroxyl groups excluding tert-OH is 1. The summed E-state index contributed by atoms with van der Waals surface area (Å²) < 4.78 is 18.9. The van der Waals surface area contributed by atoms with Crippen molar-refractivity contribution < 1.29 is 24.1 Å². The third kappa shape index (κ3) is 4.87. The van der Waals surface area contributed by atoms with Gasteiger partial charge in [0.1, 0.15) is 28.9 Å². The normalized spacial score (nSPS) is 17.1. The van der Waals surface area contributed by atoms with Crippen LogP contribution in [0.25, 0.3) is 10.9 Å². The number of nitrogen functional groups attached to an aromatic ring is 1. The van der Waals surface area contributed by atoms with E-state index in [1.807, 2.05) is 10.6 Å². The van der Waals surface area contributed by atoms with Crippen LogP contribution in [0.5, 0.6) is 11.5 Å². The molecule has 2 aliphatic heterocycles. The number of thiazole rings is 1. The number of carbonyl (C=O) groups is 1. The largest absolute Gasteiger partial charge is 0.491 e. The summed E-state index contributed by atoms with van der Waals surface area (Å²) in [6.45, 7) is 6.52. The second-order valence-corrected chi connectivity index (χ2v) is 9.62. The van der Waals surface area contributed by atoms with Gasteiger partial charge in [-0.25, -0.2) is 9.97 Å². The number of aryl methyl sites for hydroxylation is 1. The van der Waals surface area contributed by atoms with Gasteiger partial charge in [0.15, 0.2) is 16.6 Å². The number of carbonyl (C=O) groups excluding carboxylic acids is 1. The number of amides is 1. The lowest BCUT2D eigenvalue weighted by Gasteiger charge is -2.28. The van der Waals surface area contributed by atoms with Gasteiger partial charge in [-0.2, -0.15) is 4.99 Å². The van der Waals surface area contributed by atoms with Crippen molar-refractivity contribution in [3.63, 3.8) is 0 Å². The van der Waals surface area contributed by atoms with Crippen molar-refractivity contribution in [1.82, 2.24) is 19.4 Å². The number of fused-ring (bicyclic) bond motifs is 3. The highest BCUT2D eigenvalue weighted by Crippen LogP contribution is 2.37. The molecule has 0 saturated carbocycles. The van der Waals surface area contributed by atoms with E-state index >= 15 is 0 Å². The highest BCUT2D eigenvalue weighted by molar-refractivity contribution is 7.17. The fourth-order valence-electron chi connectivity index (χ4n) is 4.42. The van der Waals surface area contributed by atoms with Gasteiger partial charge in [-0.3, -0.25) is 14.3 Å². The van der Waals surface area contributed by atoms with E-state index in [0.717, 1.165) is 35.6 Å². The number of methoxy groups -OCH3 is 1. The van der Waals surface area contributed by atoms with Crippen LogP contribution in [0.15, 0.2) is 17.1 Å². The van der Waals surface area contributed by atoms with Gasteiger partial charge in [0.25, 0.3) is 5.91 Å². The number of morpholine rings is 1. The predicted molar refractivity (Wildman–Crippen MR) is 135 cm³/mol. The minimum absolute atomic E-state index is 0.0962. The average Bonchev–Trinajstić information content (AvgIpc) is 3.49. The number of ether oxygens (including phenoxy) is 3. The molecule has 2 aromatic heterocycles. The van der Waals surface area contributed by atoms with Gasteiger partial charge < -0.3 is 30.4 Å². The topological polar surface area (TPSA) is 149 Å². The zero-order valence-corrected chi connectivity index (χ0v) is 21.0. The van der Waals surface area contributed by atoms with Crippen molar-refractivity contribution in [1.29, 1.82) is 0 Å². The smallest absolute Gasteiger partial charge is 0.292 e. The molecule has 3 aromatic rings. The molecule has 0 unspecified atom stereocenters. The minimum atomic E-state index is -0.674. The van der Waals surface area contributed by atoms with Gasteiger partial charge in [0.2, 0.25) is 5.62 Å². The Bertz CT molecular complexity index is 1350. The molecule has 0 radical (unpaired) electrons. The first-order valence-corrected chi connectivity index (χ1v) is 12.5. The number of nitrogens with one attached hydrogen (secondary N) is 1. The van der Waals surface area contributed by atoms with Crippen LogP contribution in [-0.2, 0) is 11.3 Å². The van der Waals surface area contributed by atoms with Gasteiger partial charge in [0.05, 0.1) is 26.0 Å². The van der Waals surface area contributed by atoms with Gasteiger partial charge in [-0.05, 0) is 19.1 Å². The lowest BCUT2D eigenvalue weighted by Crippen LogP contribution is -2.42. The van der Waals surface area contributed by atoms with Crippen molar-refractivity contribution in [3.8, 4) is 11.5 Å². The number of hydrogen-bond acceptors (Lipinski definition) is 11. The van der Waals surface area contributed by atoms with E-state index in [-0.39, 0.29) is 12.2 Å². The molecule has 0 aliphatic carbocycles. The molecule has 13 heteroatoms. The molecule has 1 atom stereocenters. The van der Waals surface area contributed by atoms with Crippen LogP contribution in [0.1, 0.15) is 15.4 Å². The molecule has 1 saturated heterocycles.